The second-order valence-corrected chi connectivity index (χ2v) is 8.82. The first-order valence-electron chi connectivity index (χ1n) is 10.8. The Labute approximate surface area is 179 Å². The molecule has 3 aromatic rings. The van der Waals surface area contributed by atoms with Gasteiger partial charge >= 0.3 is 0 Å². The molecule has 7 nitrogen and oxygen atoms in total. The molecule has 1 aliphatic carbocycles. The molecule has 0 amide bonds. The Bertz CT molecular complexity index is 1130. The second-order valence-electron chi connectivity index (χ2n) is 8.82. The third kappa shape index (κ3) is 3.40. The molecule has 3 aliphatic rings. The molecule has 1 spiro atoms. The first-order chi connectivity index (χ1) is 15.2. The van der Waals surface area contributed by atoms with Gasteiger partial charge in [-0.15, -0.1) is 10.2 Å². The van der Waals surface area contributed by atoms with E-state index < -0.39 is 0 Å². The number of hydrogen-bond acceptors (Lipinski definition) is 7. The van der Waals surface area contributed by atoms with Crippen molar-refractivity contribution in [2.75, 3.05) is 31.1 Å². The van der Waals surface area contributed by atoms with Crippen molar-refractivity contribution in [2.45, 2.75) is 25.2 Å². The molecule has 0 unspecified atom stereocenters. The van der Waals surface area contributed by atoms with E-state index in [1.807, 2.05) is 6.07 Å². The van der Waals surface area contributed by atoms with E-state index in [1.54, 1.807) is 12.3 Å². The molecule has 2 aromatic heterocycles. The molecular formula is C23H23FN6O. The van der Waals surface area contributed by atoms with Gasteiger partial charge in [0.25, 0.3) is 5.88 Å². The maximum atomic E-state index is 14.2. The summed E-state index contributed by atoms with van der Waals surface area (Å²) in [4.78, 5) is 11.3. The smallest absolute Gasteiger partial charge is 0.282 e. The summed E-state index contributed by atoms with van der Waals surface area (Å²) in [5.74, 6) is 1.67. The van der Waals surface area contributed by atoms with Crippen molar-refractivity contribution in [1.82, 2.24) is 25.5 Å². The van der Waals surface area contributed by atoms with E-state index in [9.17, 15) is 4.39 Å². The normalized spacial score (nSPS) is 19.5. The minimum absolute atomic E-state index is 0.316. The number of rotatable bonds is 5. The Morgan fingerprint density at radius 1 is 1.16 bits per heavy atom. The first kappa shape index (κ1) is 18.6. The lowest BCUT2D eigenvalue weighted by molar-refractivity contribution is 0.199. The molecule has 158 valence electrons. The van der Waals surface area contributed by atoms with Crippen LogP contribution < -0.4 is 15.0 Å². The van der Waals surface area contributed by atoms with Crippen LogP contribution in [0.3, 0.4) is 0 Å². The van der Waals surface area contributed by atoms with E-state index in [2.05, 4.69) is 36.4 Å². The summed E-state index contributed by atoms with van der Waals surface area (Å²) in [6.07, 6.45) is 6.56. The van der Waals surface area contributed by atoms with E-state index >= 15 is 0 Å². The van der Waals surface area contributed by atoms with Gasteiger partial charge in [-0.3, -0.25) is 4.98 Å². The maximum Gasteiger partial charge on any atom is 0.282 e. The van der Waals surface area contributed by atoms with Gasteiger partial charge in [0.15, 0.2) is 5.82 Å². The van der Waals surface area contributed by atoms with Gasteiger partial charge < -0.3 is 15.0 Å². The monoisotopic (exact) mass is 418 g/mol. The Kier molecular flexibility index (Phi) is 4.34. The largest absolute Gasteiger partial charge is 0.434 e. The zero-order valence-corrected chi connectivity index (χ0v) is 17.1. The van der Waals surface area contributed by atoms with Gasteiger partial charge in [0, 0.05) is 43.4 Å². The van der Waals surface area contributed by atoms with Crippen molar-refractivity contribution in [1.29, 1.82) is 0 Å². The van der Waals surface area contributed by atoms with Crippen LogP contribution >= 0.6 is 0 Å². The number of aromatic nitrogens is 4. The van der Waals surface area contributed by atoms with Crippen LogP contribution in [0.25, 0.3) is 11.3 Å². The number of benzene rings is 1. The van der Waals surface area contributed by atoms with Crippen LogP contribution in [0.2, 0.25) is 0 Å². The number of anilines is 1. The lowest BCUT2D eigenvalue weighted by atomic mass is 9.81. The molecule has 2 saturated heterocycles. The van der Waals surface area contributed by atoms with Crippen molar-refractivity contribution in [3.8, 4) is 22.9 Å². The number of halogens is 1. The summed E-state index contributed by atoms with van der Waals surface area (Å²) < 4.78 is 20.5. The molecule has 6 rings (SSSR count). The van der Waals surface area contributed by atoms with Crippen LogP contribution in [0.4, 0.5) is 10.2 Å². The third-order valence-corrected chi connectivity index (χ3v) is 6.57. The SMILES string of the molecule is Fc1ccc(Oc2nncnc2N2CCC3(CNC3)C2)c(-c2ncccc2C2CC2)c1. The fourth-order valence-corrected chi connectivity index (χ4v) is 4.67. The molecule has 2 aliphatic heterocycles. The first-order valence-corrected chi connectivity index (χ1v) is 10.8. The summed E-state index contributed by atoms with van der Waals surface area (Å²) in [7, 11) is 0. The van der Waals surface area contributed by atoms with Gasteiger partial charge in [-0.25, -0.2) is 9.37 Å². The van der Waals surface area contributed by atoms with Gasteiger partial charge in [0.05, 0.1) is 5.69 Å². The van der Waals surface area contributed by atoms with Crippen molar-refractivity contribution < 1.29 is 9.13 Å². The van der Waals surface area contributed by atoms with Crippen molar-refractivity contribution in [3.63, 3.8) is 0 Å². The molecule has 0 atom stereocenters. The number of nitrogens with one attached hydrogen (secondary N) is 1. The lowest BCUT2D eigenvalue weighted by Crippen LogP contribution is -2.54. The van der Waals surface area contributed by atoms with Crippen LogP contribution in [0.15, 0.2) is 42.9 Å². The zero-order valence-electron chi connectivity index (χ0n) is 17.1. The van der Waals surface area contributed by atoms with Crippen molar-refractivity contribution in [3.05, 3.63) is 54.2 Å². The summed E-state index contributed by atoms with van der Waals surface area (Å²) in [6, 6.07) is 8.52. The predicted octanol–water partition coefficient (Wildman–Crippen LogP) is 3.54. The average Bonchev–Trinajstić information content (AvgIpc) is 3.52. The molecular weight excluding hydrogens is 395 g/mol. The quantitative estimate of drug-likeness (QED) is 0.679. The van der Waals surface area contributed by atoms with Crippen molar-refractivity contribution >= 4 is 5.82 Å². The maximum absolute atomic E-state index is 14.2. The zero-order chi connectivity index (χ0) is 20.8. The minimum Gasteiger partial charge on any atom is -0.434 e. The number of nitrogens with zero attached hydrogens (tertiary/aromatic N) is 5. The van der Waals surface area contributed by atoms with Gasteiger partial charge in [-0.2, -0.15) is 0 Å². The molecule has 1 aromatic carbocycles. The van der Waals surface area contributed by atoms with Gasteiger partial charge in [-0.1, -0.05) is 6.07 Å². The highest BCUT2D eigenvalue weighted by atomic mass is 19.1. The number of hydrogen-bond donors (Lipinski definition) is 1. The van der Waals surface area contributed by atoms with Crippen LogP contribution in [0.1, 0.15) is 30.7 Å². The highest BCUT2D eigenvalue weighted by Crippen LogP contribution is 2.46. The van der Waals surface area contributed by atoms with Gasteiger partial charge in [0.1, 0.15) is 17.9 Å². The third-order valence-electron chi connectivity index (χ3n) is 6.57. The highest BCUT2D eigenvalue weighted by Gasteiger charge is 2.44. The minimum atomic E-state index is -0.328. The molecule has 1 N–H and O–H groups in total. The number of pyridine rings is 1. The van der Waals surface area contributed by atoms with Crippen LogP contribution in [-0.4, -0.2) is 46.3 Å². The van der Waals surface area contributed by atoms with Gasteiger partial charge in [-0.05, 0) is 55.0 Å². The standard InChI is InChI=1S/C23H23FN6O/c24-16-5-6-19(18(10-16)20-17(15-3-4-15)2-1-8-26-20)31-22-21(27-14-28-29-22)30-9-7-23(13-30)11-25-12-23/h1-2,5-6,8,10,14-15,25H,3-4,7,9,11-13H2. The van der Waals surface area contributed by atoms with Crippen LogP contribution in [-0.2, 0) is 0 Å². The van der Waals surface area contributed by atoms with Crippen LogP contribution in [0.5, 0.6) is 11.6 Å². The molecule has 4 heterocycles. The second kappa shape index (κ2) is 7.23. The van der Waals surface area contributed by atoms with E-state index in [0.29, 0.717) is 34.3 Å². The average molecular weight is 418 g/mol. The summed E-state index contributed by atoms with van der Waals surface area (Å²) in [5, 5.41) is 11.5. The van der Waals surface area contributed by atoms with Gasteiger partial charge in [0.2, 0.25) is 0 Å². The molecule has 1 saturated carbocycles. The summed E-state index contributed by atoms with van der Waals surface area (Å²) >= 11 is 0. The Morgan fingerprint density at radius 3 is 2.84 bits per heavy atom. The summed E-state index contributed by atoms with van der Waals surface area (Å²) in [6.45, 7) is 3.88. The Morgan fingerprint density at radius 2 is 2.06 bits per heavy atom. The van der Waals surface area contributed by atoms with Crippen LogP contribution in [0, 0.1) is 11.2 Å². The predicted molar refractivity (Wildman–Crippen MR) is 114 cm³/mol. The Hall–Kier alpha value is -3.13. The fraction of sp³-hybridized carbons (Fsp3) is 0.391. The Balaban J connectivity index is 1.36. The fourth-order valence-electron chi connectivity index (χ4n) is 4.67. The topological polar surface area (TPSA) is 76.1 Å². The van der Waals surface area contributed by atoms with E-state index in [0.717, 1.165) is 56.7 Å². The van der Waals surface area contributed by atoms with E-state index in [-0.39, 0.29) is 5.82 Å². The number of ether oxygens (including phenoxy) is 1. The molecule has 0 radical (unpaired) electrons. The molecule has 31 heavy (non-hydrogen) atoms. The molecule has 0 bridgehead atoms. The van der Waals surface area contributed by atoms with E-state index in [4.69, 9.17) is 4.74 Å². The summed E-state index contributed by atoms with van der Waals surface area (Å²) in [5.41, 5.74) is 2.84. The van der Waals surface area contributed by atoms with E-state index in [1.165, 1.54) is 18.5 Å². The lowest BCUT2D eigenvalue weighted by Gasteiger charge is -2.39. The molecule has 3 fully saturated rings. The molecule has 8 heteroatoms. The van der Waals surface area contributed by atoms with Crippen molar-refractivity contribution in [2.24, 2.45) is 5.41 Å². The highest BCUT2D eigenvalue weighted by molar-refractivity contribution is 5.72.